The second-order valence-corrected chi connectivity index (χ2v) is 7.22. The van der Waals surface area contributed by atoms with Crippen molar-refractivity contribution in [3.05, 3.63) is 42.2 Å². The van der Waals surface area contributed by atoms with Crippen LogP contribution in [0.4, 0.5) is 5.69 Å². The first kappa shape index (κ1) is 15.6. The van der Waals surface area contributed by atoms with Crippen molar-refractivity contribution < 1.29 is 8.42 Å². The van der Waals surface area contributed by atoms with E-state index in [1.54, 1.807) is 18.3 Å². The second-order valence-electron chi connectivity index (χ2n) is 5.20. The molecule has 2 aromatic rings. The fraction of sp³-hybridized carbons (Fsp3) is 0.400. The minimum absolute atomic E-state index is 0.0814. The number of hydrogen-bond donors (Lipinski definition) is 1. The fourth-order valence-electron chi connectivity index (χ4n) is 2.13. The number of benzene rings is 1. The standard InChI is InChI=1S/C15H21N3O2S/c1-4-9-18-11-14(10-16-18)17-12(2)13-5-7-15(8-6-13)21(3,19)20/h5-8,10-12,17H,4,9H2,1-3H3/t12-/m0/s1. The van der Waals surface area contributed by atoms with Gasteiger partial charge in [0.15, 0.2) is 9.84 Å². The smallest absolute Gasteiger partial charge is 0.175 e. The highest BCUT2D eigenvalue weighted by atomic mass is 32.2. The predicted molar refractivity (Wildman–Crippen MR) is 84.1 cm³/mol. The Hall–Kier alpha value is -1.82. The molecule has 1 N–H and O–H groups in total. The molecular weight excluding hydrogens is 286 g/mol. The molecule has 0 bridgehead atoms. The first-order chi connectivity index (χ1) is 9.90. The molecule has 0 saturated heterocycles. The quantitative estimate of drug-likeness (QED) is 0.891. The molecule has 114 valence electrons. The second kappa shape index (κ2) is 6.30. The van der Waals surface area contributed by atoms with Crippen LogP contribution < -0.4 is 5.32 Å². The van der Waals surface area contributed by atoms with Crippen LogP contribution in [0.5, 0.6) is 0 Å². The number of aryl methyl sites for hydroxylation is 1. The molecule has 1 aromatic carbocycles. The van der Waals surface area contributed by atoms with E-state index < -0.39 is 9.84 Å². The molecule has 0 saturated carbocycles. The number of rotatable bonds is 6. The molecule has 1 atom stereocenters. The van der Waals surface area contributed by atoms with E-state index in [0.717, 1.165) is 24.2 Å². The Kier molecular flexibility index (Phi) is 4.67. The van der Waals surface area contributed by atoms with Crippen LogP contribution in [0.2, 0.25) is 0 Å². The van der Waals surface area contributed by atoms with Crippen molar-refractivity contribution in [3.8, 4) is 0 Å². The third kappa shape index (κ3) is 4.07. The molecule has 5 nitrogen and oxygen atoms in total. The molecule has 2 rings (SSSR count). The maximum absolute atomic E-state index is 11.4. The molecule has 21 heavy (non-hydrogen) atoms. The van der Waals surface area contributed by atoms with Crippen LogP contribution in [0, 0.1) is 0 Å². The van der Waals surface area contributed by atoms with E-state index in [1.807, 2.05) is 29.9 Å². The lowest BCUT2D eigenvalue weighted by Crippen LogP contribution is -2.06. The Labute approximate surface area is 125 Å². The molecular formula is C15H21N3O2S. The SMILES string of the molecule is CCCn1cc(N[C@@H](C)c2ccc(S(C)(=O)=O)cc2)cn1. The summed E-state index contributed by atoms with van der Waals surface area (Å²) in [5.74, 6) is 0. The van der Waals surface area contributed by atoms with Crippen LogP contribution >= 0.6 is 0 Å². The predicted octanol–water partition coefficient (Wildman–Crippen LogP) is 2.87. The maximum Gasteiger partial charge on any atom is 0.175 e. The zero-order chi connectivity index (χ0) is 15.5. The van der Waals surface area contributed by atoms with Gasteiger partial charge in [-0.2, -0.15) is 5.10 Å². The summed E-state index contributed by atoms with van der Waals surface area (Å²) in [6.45, 7) is 5.05. The topological polar surface area (TPSA) is 64.0 Å². The lowest BCUT2D eigenvalue weighted by Gasteiger charge is -2.14. The van der Waals surface area contributed by atoms with Gasteiger partial charge in [0.05, 0.1) is 16.8 Å². The van der Waals surface area contributed by atoms with Crippen LogP contribution in [0.15, 0.2) is 41.6 Å². The van der Waals surface area contributed by atoms with Gasteiger partial charge in [0.1, 0.15) is 0 Å². The minimum Gasteiger partial charge on any atom is -0.376 e. The van der Waals surface area contributed by atoms with Crippen molar-refractivity contribution >= 4 is 15.5 Å². The van der Waals surface area contributed by atoms with E-state index in [4.69, 9.17) is 0 Å². The van der Waals surface area contributed by atoms with Crippen molar-refractivity contribution in [2.45, 2.75) is 37.8 Å². The highest BCUT2D eigenvalue weighted by molar-refractivity contribution is 7.90. The van der Waals surface area contributed by atoms with Crippen molar-refractivity contribution in [2.24, 2.45) is 0 Å². The van der Waals surface area contributed by atoms with Gasteiger partial charge in [0.25, 0.3) is 0 Å². The molecule has 0 amide bonds. The number of sulfone groups is 1. The fourth-order valence-corrected chi connectivity index (χ4v) is 2.76. The van der Waals surface area contributed by atoms with E-state index in [9.17, 15) is 8.42 Å². The molecule has 0 radical (unpaired) electrons. The van der Waals surface area contributed by atoms with E-state index in [2.05, 4.69) is 17.3 Å². The van der Waals surface area contributed by atoms with Crippen LogP contribution in [0.3, 0.4) is 0 Å². The molecule has 1 heterocycles. The Bertz CT molecular complexity index is 690. The van der Waals surface area contributed by atoms with E-state index >= 15 is 0 Å². The van der Waals surface area contributed by atoms with Crippen molar-refractivity contribution in [1.82, 2.24) is 9.78 Å². The molecule has 0 aliphatic heterocycles. The van der Waals surface area contributed by atoms with Gasteiger partial charge in [0.2, 0.25) is 0 Å². The van der Waals surface area contributed by atoms with Gasteiger partial charge < -0.3 is 5.32 Å². The summed E-state index contributed by atoms with van der Waals surface area (Å²) >= 11 is 0. The van der Waals surface area contributed by atoms with Crippen molar-refractivity contribution in [1.29, 1.82) is 0 Å². The summed E-state index contributed by atoms with van der Waals surface area (Å²) in [4.78, 5) is 0.342. The summed E-state index contributed by atoms with van der Waals surface area (Å²) in [5, 5.41) is 7.64. The first-order valence-electron chi connectivity index (χ1n) is 6.99. The normalized spacial score (nSPS) is 13.1. The van der Waals surface area contributed by atoms with E-state index in [-0.39, 0.29) is 6.04 Å². The van der Waals surface area contributed by atoms with Gasteiger partial charge in [-0.3, -0.25) is 4.68 Å². The summed E-state index contributed by atoms with van der Waals surface area (Å²) in [6.07, 6.45) is 6.04. The van der Waals surface area contributed by atoms with Crippen LogP contribution in [-0.2, 0) is 16.4 Å². The average molecular weight is 307 g/mol. The summed E-state index contributed by atoms with van der Waals surface area (Å²) < 4.78 is 24.8. The summed E-state index contributed by atoms with van der Waals surface area (Å²) in [6, 6.07) is 7.04. The summed E-state index contributed by atoms with van der Waals surface area (Å²) in [7, 11) is -3.14. The highest BCUT2D eigenvalue weighted by Crippen LogP contribution is 2.20. The maximum atomic E-state index is 11.4. The van der Waals surface area contributed by atoms with Crippen LogP contribution in [-0.4, -0.2) is 24.5 Å². The molecule has 0 unspecified atom stereocenters. The molecule has 6 heteroatoms. The Morgan fingerprint density at radius 1 is 1.29 bits per heavy atom. The Morgan fingerprint density at radius 3 is 2.52 bits per heavy atom. The minimum atomic E-state index is -3.14. The molecule has 0 aliphatic rings. The number of nitrogens with zero attached hydrogens (tertiary/aromatic N) is 2. The van der Waals surface area contributed by atoms with Gasteiger partial charge in [-0.25, -0.2) is 8.42 Å². The third-order valence-electron chi connectivity index (χ3n) is 3.28. The zero-order valence-corrected chi connectivity index (χ0v) is 13.4. The van der Waals surface area contributed by atoms with E-state index in [0.29, 0.717) is 4.90 Å². The summed E-state index contributed by atoms with van der Waals surface area (Å²) in [5.41, 5.74) is 1.99. The van der Waals surface area contributed by atoms with Crippen LogP contribution in [0.25, 0.3) is 0 Å². The first-order valence-corrected chi connectivity index (χ1v) is 8.88. The number of aromatic nitrogens is 2. The monoisotopic (exact) mass is 307 g/mol. The highest BCUT2D eigenvalue weighted by Gasteiger charge is 2.10. The number of nitrogens with one attached hydrogen (secondary N) is 1. The van der Waals surface area contributed by atoms with Gasteiger partial charge in [-0.05, 0) is 31.0 Å². The van der Waals surface area contributed by atoms with Crippen molar-refractivity contribution in [3.63, 3.8) is 0 Å². The number of anilines is 1. The molecule has 1 aromatic heterocycles. The lowest BCUT2D eigenvalue weighted by atomic mass is 10.1. The number of hydrogen-bond acceptors (Lipinski definition) is 4. The Morgan fingerprint density at radius 2 is 1.95 bits per heavy atom. The zero-order valence-electron chi connectivity index (χ0n) is 12.6. The van der Waals surface area contributed by atoms with E-state index in [1.165, 1.54) is 6.26 Å². The molecule has 0 aliphatic carbocycles. The Balaban J connectivity index is 2.07. The molecule has 0 fully saturated rings. The van der Waals surface area contributed by atoms with Crippen molar-refractivity contribution in [2.75, 3.05) is 11.6 Å². The lowest BCUT2D eigenvalue weighted by molar-refractivity contribution is 0.601. The van der Waals surface area contributed by atoms with Gasteiger partial charge >= 0.3 is 0 Å². The average Bonchev–Trinajstić information content (AvgIpc) is 2.86. The van der Waals surface area contributed by atoms with Gasteiger partial charge in [0, 0.05) is 25.0 Å². The van der Waals surface area contributed by atoms with Gasteiger partial charge in [-0.1, -0.05) is 19.1 Å². The third-order valence-corrected chi connectivity index (χ3v) is 4.41. The largest absolute Gasteiger partial charge is 0.376 e. The van der Waals surface area contributed by atoms with Crippen LogP contribution in [0.1, 0.15) is 31.9 Å². The molecule has 0 spiro atoms. The van der Waals surface area contributed by atoms with Gasteiger partial charge in [-0.15, -0.1) is 0 Å².